The molecular formula is C8H16N4O2S. The molecule has 0 saturated heterocycles. The summed E-state index contributed by atoms with van der Waals surface area (Å²) < 4.78 is 16.8. The number of nitrogens with one attached hydrogen (secondary N) is 1. The SMILES string of the molecule is CCNC1=N[S+]([O-])N(C(C)C)C(=O)N1C. The van der Waals surface area contributed by atoms with Gasteiger partial charge in [0.15, 0.2) is 0 Å². The summed E-state index contributed by atoms with van der Waals surface area (Å²) in [6.07, 6.45) is 0. The first kappa shape index (κ1) is 12.1. The maximum absolute atomic E-state index is 11.8. The lowest BCUT2D eigenvalue weighted by atomic mass is 10.4. The molecule has 0 aliphatic carbocycles. The molecule has 2 amide bonds. The maximum atomic E-state index is 11.8. The molecule has 1 heterocycles. The van der Waals surface area contributed by atoms with E-state index in [4.69, 9.17) is 0 Å². The van der Waals surface area contributed by atoms with Crippen LogP contribution in [-0.4, -0.2) is 45.4 Å². The summed E-state index contributed by atoms with van der Waals surface area (Å²) in [5.74, 6) is 0.359. The molecule has 0 fully saturated rings. The Labute approximate surface area is 92.8 Å². The zero-order chi connectivity index (χ0) is 11.6. The van der Waals surface area contributed by atoms with E-state index < -0.39 is 11.5 Å². The van der Waals surface area contributed by atoms with Crippen LogP contribution in [0.1, 0.15) is 20.8 Å². The van der Waals surface area contributed by atoms with E-state index in [1.54, 1.807) is 20.9 Å². The van der Waals surface area contributed by atoms with Crippen molar-refractivity contribution >= 4 is 23.5 Å². The van der Waals surface area contributed by atoms with Gasteiger partial charge in [0, 0.05) is 18.0 Å². The fourth-order valence-electron chi connectivity index (χ4n) is 1.19. The van der Waals surface area contributed by atoms with E-state index in [0.717, 1.165) is 0 Å². The van der Waals surface area contributed by atoms with Crippen molar-refractivity contribution in [2.45, 2.75) is 26.8 Å². The Morgan fingerprint density at radius 3 is 2.67 bits per heavy atom. The van der Waals surface area contributed by atoms with Crippen molar-refractivity contribution in [1.82, 2.24) is 14.5 Å². The monoisotopic (exact) mass is 232 g/mol. The van der Waals surface area contributed by atoms with Gasteiger partial charge in [-0.05, 0) is 20.8 Å². The molecule has 0 aromatic heterocycles. The fraction of sp³-hybridized carbons (Fsp3) is 0.750. The Hall–Kier alpha value is -0.950. The standard InChI is InChI=1S/C8H16N4O2S/c1-5-9-7-10-15(14)12(6(2)3)8(13)11(7)4/h6H,5H2,1-4H3,(H,9,10). The second-order valence-electron chi connectivity index (χ2n) is 3.44. The highest BCUT2D eigenvalue weighted by Gasteiger charge is 2.39. The fourth-order valence-corrected chi connectivity index (χ4v) is 2.23. The second kappa shape index (κ2) is 4.71. The Kier molecular flexibility index (Phi) is 3.81. The molecule has 1 atom stereocenters. The van der Waals surface area contributed by atoms with Crippen molar-refractivity contribution in [2.75, 3.05) is 13.6 Å². The summed E-state index contributed by atoms with van der Waals surface area (Å²) in [5, 5.41) is 2.89. The smallest absolute Gasteiger partial charge is 0.370 e. The van der Waals surface area contributed by atoms with Crippen molar-refractivity contribution in [3.63, 3.8) is 0 Å². The number of carbonyl (C=O) groups is 1. The minimum absolute atomic E-state index is 0.132. The first-order valence-electron chi connectivity index (χ1n) is 4.80. The molecule has 0 aromatic rings. The van der Waals surface area contributed by atoms with Crippen molar-refractivity contribution in [3.8, 4) is 0 Å². The van der Waals surface area contributed by atoms with Gasteiger partial charge in [-0.1, -0.05) is 0 Å². The number of carbonyl (C=O) groups excluding carboxylic acids is 1. The summed E-state index contributed by atoms with van der Waals surface area (Å²) in [6, 6.07) is -0.429. The maximum Gasteiger partial charge on any atom is 0.370 e. The van der Waals surface area contributed by atoms with Crippen molar-refractivity contribution in [3.05, 3.63) is 0 Å². The van der Waals surface area contributed by atoms with Crippen molar-refractivity contribution in [1.29, 1.82) is 0 Å². The average molecular weight is 232 g/mol. The van der Waals surface area contributed by atoms with Crippen LogP contribution in [0.3, 0.4) is 0 Å². The lowest BCUT2D eigenvalue weighted by Crippen LogP contribution is -2.56. The minimum Gasteiger partial charge on any atom is -0.566 e. The molecule has 1 rings (SSSR count). The molecule has 1 N–H and O–H groups in total. The number of guanidine groups is 1. The normalized spacial score (nSPS) is 22.1. The Balaban J connectivity index is 2.91. The zero-order valence-corrected chi connectivity index (χ0v) is 10.2. The highest BCUT2D eigenvalue weighted by Crippen LogP contribution is 2.16. The van der Waals surface area contributed by atoms with E-state index in [-0.39, 0.29) is 12.1 Å². The Bertz CT molecular complexity index is 282. The Morgan fingerprint density at radius 1 is 1.60 bits per heavy atom. The predicted molar refractivity (Wildman–Crippen MR) is 59.4 cm³/mol. The van der Waals surface area contributed by atoms with Gasteiger partial charge in [-0.25, -0.2) is 4.79 Å². The van der Waals surface area contributed by atoms with Gasteiger partial charge in [0.2, 0.25) is 11.5 Å². The third kappa shape index (κ3) is 2.35. The van der Waals surface area contributed by atoms with Gasteiger partial charge in [0.25, 0.3) is 5.96 Å². The first-order valence-corrected chi connectivity index (χ1v) is 5.86. The van der Waals surface area contributed by atoms with Crippen molar-refractivity contribution < 1.29 is 9.35 Å². The molecule has 7 heteroatoms. The van der Waals surface area contributed by atoms with Crippen LogP contribution < -0.4 is 5.32 Å². The minimum atomic E-state index is -1.62. The molecule has 0 saturated carbocycles. The van der Waals surface area contributed by atoms with E-state index in [1.807, 2.05) is 6.92 Å². The number of amides is 2. The molecule has 1 unspecified atom stereocenters. The van der Waals surface area contributed by atoms with Gasteiger partial charge in [-0.3, -0.25) is 4.90 Å². The van der Waals surface area contributed by atoms with Gasteiger partial charge >= 0.3 is 6.03 Å². The topological polar surface area (TPSA) is 71.0 Å². The van der Waals surface area contributed by atoms with E-state index in [0.29, 0.717) is 12.5 Å². The van der Waals surface area contributed by atoms with Crippen LogP contribution in [0, 0.1) is 0 Å². The van der Waals surface area contributed by atoms with Gasteiger partial charge in [0.1, 0.15) is 0 Å². The number of rotatable bonds is 2. The summed E-state index contributed by atoms with van der Waals surface area (Å²) in [5.41, 5.74) is 0. The van der Waals surface area contributed by atoms with Gasteiger partial charge in [-0.15, -0.1) is 4.31 Å². The van der Waals surface area contributed by atoms with Crippen LogP contribution in [0.5, 0.6) is 0 Å². The van der Waals surface area contributed by atoms with Crippen LogP contribution in [0.4, 0.5) is 4.79 Å². The number of nitrogens with zero attached hydrogens (tertiary/aromatic N) is 3. The van der Waals surface area contributed by atoms with Gasteiger partial charge < -0.3 is 9.87 Å². The number of hydrogen-bond donors (Lipinski definition) is 1. The molecule has 0 radical (unpaired) electrons. The molecule has 86 valence electrons. The number of hydrogen-bond acceptors (Lipinski definition) is 4. The molecule has 0 spiro atoms. The van der Waals surface area contributed by atoms with Crippen LogP contribution >= 0.6 is 0 Å². The lowest BCUT2D eigenvalue weighted by molar-refractivity contribution is 0.197. The largest absolute Gasteiger partial charge is 0.566 e. The third-order valence-electron chi connectivity index (χ3n) is 1.93. The van der Waals surface area contributed by atoms with Gasteiger partial charge in [0.05, 0.1) is 6.04 Å². The quantitative estimate of drug-likeness (QED) is 0.696. The Morgan fingerprint density at radius 2 is 2.20 bits per heavy atom. The summed E-state index contributed by atoms with van der Waals surface area (Å²) in [6.45, 7) is 6.13. The average Bonchev–Trinajstić information content (AvgIpc) is 2.13. The van der Waals surface area contributed by atoms with E-state index in [1.165, 1.54) is 9.21 Å². The van der Waals surface area contributed by atoms with Crippen LogP contribution in [0.25, 0.3) is 0 Å². The first-order chi connectivity index (χ1) is 6.99. The van der Waals surface area contributed by atoms with E-state index in [9.17, 15) is 9.35 Å². The molecule has 0 bridgehead atoms. The summed E-state index contributed by atoms with van der Waals surface area (Å²) >= 11 is -1.62. The second-order valence-corrected chi connectivity index (χ2v) is 4.47. The van der Waals surface area contributed by atoms with E-state index in [2.05, 4.69) is 9.71 Å². The van der Waals surface area contributed by atoms with E-state index >= 15 is 0 Å². The van der Waals surface area contributed by atoms with Crippen LogP contribution in [0.15, 0.2) is 4.40 Å². The van der Waals surface area contributed by atoms with Gasteiger partial charge in [-0.2, -0.15) is 0 Å². The molecule has 1 aliphatic heterocycles. The van der Waals surface area contributed by atoms with Crippen LogP contribution in [-0.2, 0) is 11.5 Å². The molecule has 0 aromatic carbocycles. The summed E-state index contributed by atoms with van der Waals surface area (Å²) in [4.78, 5) is 13.2. The predicted octanol–water partition coefficient (Wildman–Crippen LogP) is 0.306. The highest BCUT2D eigenvalue weighted by atomic mass is 32.2. The molecule has 6 nitrogen and oxygen atoms in total. The lowest BCUT2D eigenvalue weighted by Gasteiger charge is -2.32. The molecular weight excluding hydrogens is 216 g/mol. The number of urea groups is 1. The summed E-state index contributed by atoms with van der Waals surface area (Å²) in [7, 11) is 1.61. The molecule has 15 heavy (non-hydrogen) atoms. The zero-order valence-electron chi connectivity index (χ0n) is 9.35. The highest BCUT2D eigenvalue weighted by molar-refractivity contribution is 7.88. The van der Waals surface area contributed by atoms with Crippen LogP contribution in [0.2, 0.25) is 0 Å². The molecule has 1 aliphatic rings. The van der Waals surface area contributed by atoms with Crippen molar-refractivity contribution in [2.24, 2.45) is 4.40 Å². The third-order valence-corrected chi connectivity index (χ3v) is 3.17.